The second-order valence-electron chi connectivity index (χ2n) is 7.11. The fourth-order valence-corrected chi connectivity index (χ4v) is 2.66. The molecule has 0 saturated carbocycles. The van der Waals surface area contributed by atoms with E-state index < -0.39 is 0 Å². The van der Waals surface area contributed by atoms with E-state index in [9.17, 15) is 9.59 Å². The van der Waals surface area contributed by atoms with Crippen LogP contribution in [-0.4, -0.2) is 40.8 Å². The number of aromatic nitrogens is 1. The van der Waals surface area contributed by atoms with Crippen LogP contribution < -0.4 is 5.32 Å². The Hall–Kier alpha value is -1.91. The van der Waals surface area contributed by atoms with Crippen molar-refractivity contribution < 1.29 is 9.59 Å². The molecule has 2 heterocycles. The fraction of sp³-hybridized carbons (Fsp3) is 0.588. The van der Waals surface area contributed by atoms with E-state index in [-0.39, 0.29) is 23.3 Å². The maximum Gasteiger partial charge on any atom is 0.253 e. The quantitative estimate of drug-likeness (QED) is 0.931. The molecule has 22 heavy (non-hydrogen) atoms. The summed E-state index contributed by atoms with van der Waals surface area (Å²) in [5.41, 5.74) is 0.674. The Morgan fingerprint density at radius 2 is 1.82 bits per heavy atom. The highest BCUT2D eigenvalue weighted by atomic mass is 16.2. The third-order valence-electron chi connectivity index (χ3n) is 3.77. The van der Waals surface area contributed by atoms with Crippen LogP contribution in [0.1, 0.15) is 50.4 Å². The number of carbonyl (C=O) groups is 2. The highest BCUT2D eigenvalue weighted by Crippen LogP contribution is 2.19. The number of hydrogen-bond acceptors (Lipinski definition) is 3. The molecule has 1 fully saturated rings. The van der Waals surface area contributed by atoms with E-state index in [1.807, 2.05) is 4.90 Å². The van der Waals surface area contributed by atoms with Crippen LogP contribution in [0.3, 0.4) is 0 Å². The highest BCUT2D eigenvalue weighted by molar-refractivity contribution is 5.94. The molecule has 1 aliphatic rings. The van der Waals surface area contributed by atoms with Gasteiger partial charge in [0.2, 0.25) is 5.91 Å². The van der Waals surface area contributed by atoms with Gasteiger partial charge in [-0.2, -0.15) is 0 Å². The average Bonchev–Trinajstić information content (AvgIpc) is 2.46. The van der Waals surface area contributed by atoms with Crippen molar-refractivity contribution in [2.75, 3.05) is 13.1 Å². The van der Waals surface area contributed by atoms with Crippen LogP contribution in [0.15, 0.2) is 24.5 Å². The SMILES string of the molecule is CC(C)(C)CC(=O)NC1CCN(C(=O)c2ccncc2)CC1. The molecule has 0 unspecified atom stereocenters. The molecule has 1 aromatic rings. The molecule has 5 heteroatoms. The molecular formula is C17H25N3O2. The van der Waals surface area contributed by atoms with Gasteiger partial charge in [0, 0.05) is 43.5 Å². The Morgan fingerprint density at radius 3 is 2.36 bits per heavy atom. The largest absolute Gasteiger partial charge is 0.353 e. The summed E-state index contributed by atoms with van der Waals surface area (Å²) in [6, 6.07) is 3.65. The number of nitrogens with zero attached hydrogens (tertiary/aromatic N) is 2. The third-order valence-corrected chi connectivity index (χ3v) is 3.77. The molecule has 1 N–H and O–H groups in total. The number of nitrogens with one attached hydrogen (secondary N) is 1. The molecule has 5 nitrogen and oxygen atoms in total. The second-order valence-corrected chi connectivity index (χ2v) is 7.11. The van der Waals surface area contributed by atoms with Crippen molar-refractivity contribution in [3.8, 4) is 0 Å². The smallest absolute Gasteiger partial charge is 0.253 e. The number of pyridine rings is 1. The van der Waals surface area contributed by atoms with E-state index >= 15 is 0 Å². The van der Waals surface area contributed by atoms with Crippen molar-refractivity contribution in [2.45, 2.75) is 46.1 Å². The highest BCUT2D eigenvalue weighted by Gasteiger charge is 2.25. The molecule has 120 valence electrons. The molecule has 1 saturated heterocycles. The summed E-state index contributed by atoms with van der Waals surface area (Å²) in [6.45, 7) is 7.54. The molecule has 1 aliphatic heterocycles. The van der Waals surface area contributed by atoms with E-state index in [0.717, 1.165) is 12.8 Å². The molecule has 0 aliphatic carbocycles. The summed E-state index contributed by atoms with van der Waals surface area (Å²) < 4.78 is 0. The van der Waals surface area contributed by atoms with E-state index in [2.05, 4.69) is 31.1 Å². The molecule has 0 atom stereocenters. The summed E-state index contributed by atoms with van der Waals surface area (Å²) in [4.78, 5) is 30.1. The van der Waals surface area contributed by atoms with Crippen LogP contribution >= 0.6 is 0 Å². The lowest BCUT2D eigenvalue weighted by Crippen LogP contribution is -2.47. The van der Waals surface area contributed by atoms with Crippen LogP contribution in [0.4, 0.5) is 0 Å². The average molecular weight is 303 g/mol. The van der Waals surface area contributed by atoms with Crippen LogP contribution in [0.5, 0.6) is 0 Å². The van der Waals surface area contributed by atoms with Gasteiger partial charge >= 0.3 is 0 Å². The van der Waals surface area contributed by atoms with Crippen LogP contribution in [0.2, 0.25) is 0 Å². The fourth-order valence-electron chi connectivity index (χ4n) is 2.66. The molecule has 0 bridgehead atoms. The van der Waals surface area contributed by atoms with Crippen molar-refractivity contribution >= 4 is 11.8 Å². The lowest BCUT2D eigenvalue weighted by atomic mass is 9.91. The van der Waals surface area contributed by atoms with Gasteiger partial charge in [-0.15, -0.1) is 0 Å². The van der Waals surface area contributed by atoms with Crippen molar-refractivity contribution in [3.05, 3.63) is 30.1 Å². The number of carbonyl (C=O) groups excluding carboxylic acids is 2. The number of amides is 2. The van der Waals surface area contributed by atoms with Crippen LogP contribution in [0.25, 0.3) is 0 Å². The third kappa shape index (κ3) is 4.83. The standard InChI is InChI=1S/C17H25N3O2/c1-17(2,3)12-15(21)19-14-6-10-20(11-7-14)16(22)13-4-8-18-9-5-13/h4-5,8-9,14H,6-7,10-12H2,1-3H3,(H,19,21). The first-order valence-corrected chi connectivity index (χ1v) is 7.84. The van der Waals surface area contributed by atoms with Gasteiger partial charge in [0.05, 0.1) is 0 Å². The molecular weight excluding hydrogens is 278 g/mol. The minimum Gasteiger partial charge on any atom is -0.353 e. The topological polar surface area (TPSA) is 62.3 Å². The zero-order valence-corrected chi connectivity index (χ0v) is 13.6. The van der Waals surface area contributed by atoms with E-state index in [1.54, 1.807) is 24.5 Å². The molecule has 0 radical (unpaired) electrons. The van der Waals surface area contributed by atoms with E-state index in [0.29, 0.717) is 25.1 Å². The minimum absolute atomic E-state index is 0.00208. The molecule has 0 spiro atoms. The van der Waals surface area contributed by atoms with Gasteiger partial charge in [-0.1, -0.05) is 20.8 Å². The summed E-state index contributed by atoms with van der Waals surface area (Å²) in [5, 5.41) is 3.09. The summed E-state index contributed by atoms with van der Waals surface area (Å²) in [7, 11) is 0. The first-order chi connectivity index (χ1) is 10.3. The molecule has 0 aromatic carbocycles. The van der Waals surface area contributed by atoms with Crippen LogP contribution in [0, 0.1) is 5.41 Å². The maximum atomic E-state index is 12.3. The van der Waals surface area contributed by atoms with E-state index in [4.69, 9.17) is 0 Å². The van der Waals surface area contributed by atoms with Gasteiger partial charge in [-0.05, 0) is 30.4 Å². The van der Waals surface area contributed by atoms with Crippen molar-refractivity contribution in [2.24, 2.45) is 5.41 Å². The monoisotopic (exact) mass is 303 g/mol. The molecule has 2 amide bonds. The van der Waals surface area contributed by atoms with E-state index in [1.165, 1.54) is 0 Å². The van der Waals surface area contributed by atoms with Crippen LogP contribution in [-0.2, 0) is 4.79 Å². The first-order valence-electron chi connectivity index (χ1n) is 7.84. The normalized spacial score (nSPS) is 16.4. The lowest BCUT2D eigenvalue weighted by molar-refractivity contribution is -0.123. The van der Waals surface area contributed by atoms with Gasteiger partial charge in [-0.25, -0.2) is 0 Å². The maximum absolute atomic E-state index is 12.3. The van der Waals surface area contributed by atoms with Gasteiger partial charge in [0.25, 0.3) is 5.91 Å². The lowest BCUT2D eigenvalue weighted by Gasteiger charge is -2.33. The van der Waals surface area contributed by atoms with Crippen molar-refractivity contribution in [3.63, 3.8) is 0 Å². The summed E-state index contributed by atoms with van der Waals surface area (Å²) in [5.74, 6) is 0.147. The van der Waals surface area contributed by atoms with Gasteiger partial charge in [0.1, 0.15) is 0 Å². The zero-order valence-electron chi connectivity index (χ0n) is 13.6. The van der Waals surface area contributed by atoms with Crippen molar-refractivity contribution in [1.29, 1.82) is 0 Å². The Labute approximate surface area is 132 Å². The Bertz CT molecular complexity index is 514. The zero-order chi connectivity index (χ0) is 16.2. The Balaban J connectivity index is 1.81. The number of piperidine rings is 1. The summed E-state index contributed by atoms with van der Waals surface area (Å²) >= 11 is 0. The Morgan fingerprint density at radius 1 is 1.23 bits per heavy atom. The minimum atomic E-state index is 0.00208. The molecule has 1 aromatic heterocycles. The second kappa shape index (κ2) is 6.90. The van der Waals surface area contributed by atoms with Gasteiger partial charge in [0.15, 0.2) is 0 Å². The first kappa shape index (κ1) is 16.5. The molecule has 2 rings (SSSR count). The number of rotatable bonds is 3. The Kier molecular flexibility index (Phi) is 5.16. The summed E-state index contributed by atoms with van der Waals surface area (Å²) in [6.07, 6.45) is 5.42. The number of hydrogen-bond donors (Lipinski definition) is 1. The van der Waals surface area contributed by atoms with Gasteiger partial charge < -0.3 is 10.2 Å². The predicted octanol–water partition coefficient (Wildman–Crippen LogP) is 2.24. The predicted molar refractivity (Wildman–Crippen MR) is 85.4 cm³/mol. The van der Waals surface area contributed by atoms with Gasteiger partial charge in [-0.3, -0.25) is 14.6 Å². The van der Waals surface area contributed by atoms with Crippen molar-refractivity contribution in [1.82, 2.24) is 15.2 Å². The number of likely N-dealkylation sites (tertiary alicyclic amines) is 1.